The monoisotopic (exact) mass is 448 g/mol. The van der Waals surface area contributed by atoms with Gasteiger partial charge in [-0.1, -0.05) is 60.3 Å². The van der Waals surface area contributed by atoms with E-state index in [1.165, 1.54) is 0 Å². The van der Waals surface area contributed by atoms with Gasteiger partial charge in [0.25, 0.3) is 0 Å². The van der Waals surface area contributed by atoms with Crippen molar-refractivity contribution in [3.63, 3.8) is 0 Å². The summed E-state index contributed by atoms with van der Waals surface area (Å²) in [5.41, 5.74) is 2.16. The normalized spacial score (nSPS) is 15.0. The molecule has 3 heterocycles. The third-order valence-electron chi connectivity index (χ3n) is 4.78. The van der Waals surface area contributed by atoms with E-state index in [-0.39, 0.29) is 6.10 Å². The fourth-order valence-corrected chi connectivity index (χ4v) is 5.10. The molecule has 0 N–H and O–H groups in total. The summed E-state index contributed by atoms with van der Waals surface area (Å²) in [6.45, 7) is 4.87. The highest BCUT2D eigenvalue weighted by Crippen LogP contribution is 2.36. The molecule has 2 aromatic carbocycles. The number of hydrogen-bond donors (Lipinski definition) is 0. The third-order valence-corrected chi connectivity index (χ3v) is 6.72. The Morgan fingerprint density at radius 1 is 1.10 bits per heavy atom. The molecule has 0 amide bonds. The predicted molar refractivity (Wildman–Crippen MR) is 123 cm³/mol. The summed E-state index contributed by atoms with van der Waals surface area (Å²) in [6, 6.07) is 17.9. The molecule has 0 saturated carbocycles. The molecule has 1 aliphatic heterocycles. The van der Waals surface area contributed by atoms with Crippen LogP contribution < -0.4 is 9.47 Å². The summed E-state index contributed by atoms with van der Waals surface area (Å²) < 4.78 is 14.0. The van der Waals surface area contributed by atoms with Gasteiger partial charge in [0, 0.05) is 23.2 Å². The number of thioether (sulfide) groups is 1. The van der Waals surface area contributed by atoms with Gasteiger partial charge in [-0.25, -0.2) is 4.98 Å². The third kappa shape index (κ3) is 4.22. The molecule has 0 radical (unpaired) electrons. The zero-order chi connectivity index (χ0) is 21.0. The van der Waals surface area contributed by atoms with Crippen molar-refractivity contribution in [1.82, 2.24) is 19.7 Å². The Balaban J connectivity index is 1.32. The van der Waals surface area contributed by atoms with E-state index in [2.05, 4.69) is 34.3 Å². The maximum Gasteiger partial charge on any atom is 0.192 e. The highest BCUT2D eigenvalue weighted by atomic mass is 32.2. The molecule has 0 saturated heterocycles. The number of hydrogen-bond acceptors (Lipinski definition) is 7. The molecule has 0 aliphatic carbocycles. The average molecular weight is 449 g/mol. The van der Waals surface area contributed by atoms with Crippen molar-refractivity contribution in [3.8, 4) is 22.1 Å². The zero-order valence-corrected chi connectivity index (χ0v) is 18.3. The molecular formula is C23H20N4O2S2. The van der Waals surface area contributed by atoms with Gasteiger partial charge in [0.05, 0.1) is 5.69 Å². The number of rotatable bonds is 7. The van der Waals surface area contributed by atoms with Gasteiger partial charge in [0.15, 0.2) is 28.6 Å². The van der Waals surface area contributed by atoms with Crippen LogP contribution in [0.2, 0.25) is 0 Å². The SMILES string of the molecule is C=CCn1c(SCc2csc(-c3ccccc3)n2)nnc1C1COc2ccccc2O1. The molecule has 2 aromatic heterocycles. The van der Waals surface area contributed by atoms with Crippen molar-refractivity contribution < 1.29 is 9.47 Å². The average Bonchev–Trinajstić information content (AvgIpc) is 3.45. The lowest BCUT2D eigenvalue weighted by Crippen LogP contribution is -2.25. The van der Waals surface area contributed by atoms with E-state index >= 15 is 0 Å². The van der Waals surface area contributed by atoms with E-state index in [4.69, 9.17) is 14.5 Å². The Hall–Kier alpha value is -3.10. The summed E-state index contributed by atoms with van der Waals surface area (Å²) in [6.07, 6.45) is 1.52. The summed E-state index contributed by atoms with van der Waals surface area (Å²) >= 11 is 3.26. The number of allylic oxidation sites excluding steroid dienone is 1. The molecule has 5 rings (SSSR count). The van der Waals surface area contributed by atoms with Gasteiger partial charge >= 0.3 is 0 Å². The Morgan fingerprint density at radius 3 is 2.74 bits per heavy atom. The van der Waals surface area contributed by atoms with Crippen LogP contribution in [0.3, 0.4) is 0 Å². The van der Waals surface area contributed by atoms with E-state index in [0.29, 0.717) is 18.9 Å². The van der Waals surface area contributed by atoms with Gasteiger partial charge in [-0.15, -0.1) is 28.1 Å². The quantitative estimate of drug-likeness (QED) is 0.279. The lowest BCUT2D eigenvalue weighted by Gasteiger charge is -2.26. The first-order chi connectivity index (χ1) is 15.3. The first-order valence-electron chi connectivity index (χ1n) is 9.87. The van der Waals surface area contributed by atoms with Gasteiger partial charge in [-0.2, -0.15) is 0 Å². The first kappa shape index (κ1) is 19.8. The van der Waals surface area contributed by atoms with Crippen LogP contribution in [0.15, 0.2) is 77.8 Å². The van der Waals surface area contributed by atoms with Crippen LogP contribution in [0, 0.1) is 0 Å². The van der Waals surface area contributed by atoms with Crippen LogP contribution in [-0.2, 0) is 12.3 Å². The van der Waals surface area contributed by atoms with Crippen LogP contribution in [-0.4, -0.2) is 26.4 Å². The van der Waals surface area contributed by atoms with Crippen molar-refractivity contribution in [2.45, 2.75) is 23.6 Å². The predicted octanol–water partition coefficient (Wildman–Crippen LogP) is 5.39. The smallest absolute Gasteiger partial charge is 0.192 e. The molecule has 8 heteroatoms. The fourth-order valence-electron chi connectivity index (χ4n) is 3.32. The van der Waals surface area contributed by atoms with E-state index in [1.807, 2.05) is 53.1 Å². The topological polar surface area (TPSA) is 62.1 Å². The minimum atomic E-state index is -0.319. The summed E-state index contributed by atoms with van der Waals surface area (Å²) in [5, 5.41) is 12.8. The summed E-state index contributed by atoms with van der Waals surface area (Å²) in [4.78, 5) is 4.77. The molecule has 1 atom stereocenters. The summed E-state index contributed by atoms with van der Waals surface area (Å²) in [7, 11) is 0. The Morgan fingerprint density at radius 2 is 1.90 bits per heavy atom. The van der Waals surface area contributed by atoms with Crippen LogP contribution in [0.25, 0.3) is 10.6 Å². The number of para-hydroxylation sites is 2. The molecule has 0 spiro atoms. The Bertz CT molecular complexity index is 1190. The van der Waals surface area contributed by atoms with Crippen LogP contribution in [0.5, 0.6) is 11.5 Å². The van der Waals surface area contributed by atoms with Gasteiger partial charge in [-0.3, -0.25) is 4.57 Å². The number of fused-ring (bicyclic) bond motifs is 1. The minimum Gasteiger partial charge on any atom is -0.485 e. The molecule has 0 fully saturated rings. The second-order valence-electron chi connectivity index (χ2n) is 6.90. The van der Waals surface area contributed by atoms with Crippen molar-refractivity contribution >= 4 is 23.1 Å². The maximum atomic E-state index is 6.13. The zero-order valence-electron chi connectivity index (χ0n) is 16.7. The van der Waals surface area contributed by atoms with E-state index in [9.17, 15) is 0 Å². The number of nitrogens with zero attached hydrogens (tertiary/aromatic N) is 4. The number of aromatic nitrogens is 4. The maximum absolute atomic E-state index is 6.13. The van der Waals surface area contributed by atoms with Crippen molar-refractivity contribution in [2.24, 2.45) is 0 Å². The number of benzene rings is 2. The molecule has 156 valence electrons. The van der Waals surface area contributed by atoms with Crippen molar-refractivity contribution in [2.75, 3.05) is 6.61 Å². The van der Waals surface area contributed by atoms with Gasteiger partial charge in [0.1, 0.15) is 11.6 Å². The lowest BCUT2D eigenvalue weighted by molar-refractivity contribution is 0.0821. The lowest BCUT2D eigenvalue weighted by atomic mass is 10.2. The van der Waals surface area contributed by atoms with E-state index in [0.717, 1.165) is 38.7 Å². The van der Waals surface area contributed by atoms with Gasteiger partial charge < -0.3 is 9.47 Å². The summed E-state index contributed by atoms with van der Waals surface area (Å²) in [5.74, 6) is 2.92. The largest absolute Gasteiger partial charge is 0.485 e. The van der Waals surface area contributed by atoms with Crippen LogP contribution >= 0.6 is 23.1 Å². The Labute approximate surface area is 188 Å². The van der Waals surface area contributed by atoms with Gasteiger partial charge in [-0.05, 0) is 12.1 Å². The van der Waals surface area contributed by atoms with Crippen molar-refractivity contribution in [1.29, 1.82) is 0 Å². The van der Waals surface area contributed by atoms with E-state index < -0.39 is 0 Å². The highest BCUT2D eigenvalue weighted by Gasteiger charge is 2.28. The second kappa shape index (κ2) is 8.95. The van der Waals surface area contributed by atoms with E-state index in [1.54, 1.807) is 23.1 Å². The fraction of sp³-hybridized carbons (Fsp3) is 0.174. The van der Waals surface area contributed by atoms with Crippen LogP contribution in [0.1, 0.15) is 17.6 Å². The Kier molecular flexibility index (Phi) is 5.73. The molecule has 1 unspecified atom stereocenters. The molecule has 4 aromatic rings. The second-order valence-corrected chi connectivity index (χ2v) is 8.70. The minimum absolute atomic E-state index is 0.319. The van der Waals surface area contributed by atoms with Gasteiger partial charge in [0.2, 0.25) is 0 Å². The van der Waals surface area contributed by atoms with Crippen LogP contribution in [0.4, 0.5) is 0 Å². The molecule has 31 heavy (non-hydrogen) atoms. The standard InChI is InChI=1S/C23H20N4O2S2/c1-2-12-27-21(20-13-28-18-10-6-7-11-19(18)29-20)25-26-23(27)31-15-17-14-30-22(24-17)16-8-4-3-5-9-16/h2-11,14,20H,1,12-13,15H2. The first-order valence-corrected chi connectivity index (χ1v) is 11.7. The molecular weight excluding hydrogens is 428 g/mol. The molecule has 0 bridgehead atoms. The molecule has 1 aliphatic rings. The highest BCUT2D eigenvalue weighted by molar-refractivity contribution is 7.98. The number of thiazole rings is 1. The number of ether oxygens (including phenoxy) is 2. The van der Waals surface area contributed by atoms with Crippen molar-refractivity contribution in [3.05, 3.63) is 84.2 Å². The molecule has 6 nitrogen and oxygen atoms in total.